The van der Waals surface area contributed by atoms with E-state index in [1.165, 1.54) is 24.3 Å². The second kappa shape index (κ2) is 6.08. The molecule has 0 bridgehead atoms. The standard InChI is InChI=1S/C16H19N3O4/c1-11-6-8-17(9-7-11)14-10-15(20)18(16(14)21)12-2-4-13(5-3-12)19(22)23/h2-5,11,14H,6-10H2,1H3. The fourth-order valence-corrected chi connectivity index (χ4v) is 3.24. The van der Waals surface area contributed by atoms with Crippen LogP contribution in [-0.4, -0.2) is 40.8 Å². The van der Waals surface area contributed by atoms with E-state index in [2.05, 4.69) is 11.8 Å². The predicted octanol–water partition coefficient (Wildman–Crippen LogP) is 1.96. The molecule has 0 radical (unpaired) electrons. The quantitative estimate of drug-likeness (QED) is 0.483. The summed E-state index contributed by atoms with van der Waals surface area (Å²) in [6.45, 7) is 3.86. The molecule has 2 heterocycles. The van der Waals surface area contributed by atoms with Gasteiger partial charge in [-0.15, -0.1) is 0 Å². The van der Waals surface area contributed by atoms with E-state index < -0.39 is 11.0 Å². The Bertz CT molecular complexity index is 635. The Kier molecular flexibility index (Phi) is 4.12. The molecule has 1 atom stereocenters. The van der Waals surface area contributed by atoms with E-state index in [-0.39, 0.29) is 23.9 Å². The summed E-state index contributed by atoms with van der Waals surface area (Å²) in [5, 5.41) is 10.7. The zero-order valence-corrected chi connectivity index (χ0v) is 13.0. The number of nitro groups is 1. The Morgan fingerprint density at radius 3 is 2.30 bits per heavy atom. The number of nitro benzene ring substituents is 1. The summed E-state index contributed by atoms with van der Waals surface area (Å²) < 4.78 is 0. The van der Waals surface area contributed by atoms with Crippen molar-refractivity contribution < 1.29 is 14.5 Å². The Balaban J connectivity index is 1.77. The van der Waals surface area contributed by atoms with Crippen molar-refractivity contribution >= 4 is 23.2 Å². The fourth-order valence-electron chi connectivity index (χ4n) is 3.24. The van der Waals surface area contributed by atoms with Crippen LogP contribution in [0, 0.1) is 16.0 Å². The molecule has 7 heteroatoms. The lowest BCUT2D eigenvalue weighted by Crippen LogP contribution is -2.45. The van der Waals surface area contributed by atoms with Crippen LogP contribution in [0.1, 0.15) is 26.2 Å². The van der Waals surface area contributed by atoms with E-state index >= 15 is 0 Å². The smallest absolute Gasteiger partial charge is 0.269 e. The lowest BCUT2D eigenvalue weighted by Gasteiger charge is -2.33. The fraction of sp³-hybridized carbons (Fsp3) is 0.500. The molecule has 7 nitrogen and oxygen atoms in total. The summed E-state index contributed by atoms with van der Waals surface area (Å²) >= 11 is 0. The average molecular weight is 317 g/mol. The molecular formula is C16H19N3O4. The van der Waals surface area contributed by atoms with Gasteiger partial charge in [0.05, 0.1) is 23.1 Å². The minimum Gasteiger partial charge on any atom is -0.292 e. The number of benzene rings is 1. The maximum atomic E-state index is 12.6. The highest BCUT2D eigenvalue weighted by Crippen LogP contribution is 2.29. The number of likely N-dealkylation sites (tertiary alicyclic amines) is 1. The minimum absolute atomic E-state index is 0.0607. The highest BCUT2D eigenvalue weighted by molar-refractivity contribution is 6.22. The molecule has 2 amide bonds. The predicted molar refractivity (Wildman–Crippen MR) is 84.0 cm³/mol. The number of hydrogen-bond acceptors (Lipinski definition) is 5. The lowest BCUT2D eigenvalue weighted by molar-refractivity contribution is -0.384. The van der Waals surface area contributed by atoms with Crippen molar-refractivity contribution in [2.75, 3.05) is 18.0 Å². The maximum Gasteiger partial charge on any atom is 0.269 e. The summed E-state index contributed by atoms with van der Waals surface area (Å²) in [5.74, 6) is 0.190. The van der Waals surface area contributed by atoms with E-state index in [1.807, 2.05) is 0 Å². The SMILES string of the molecule is CC1CCN(C2CC(=O)N(c3ccc([N+](=O)[O-])cc3)C2=O)CC1. The van der Waals surface area contributed by atoms with Gasteiger partial charge in [0.1, 0.15) is 0 Å². The number of piperidine rings is 1. The molecule has 0 saturated carbocycles. The Morgan fingerprint density at radius 2 is 1.74 bits per heavy atom. The van der Waals surface area contributed by atoms with E-state index in [0.29, 0.717) is 11.6 Å². The normalized spacial score (nSPS) is 23.5. The molecule has 1 aromatic rings. The van der Waals surface area contributed by atoms with Gasteiger partial charge in [0.2, 0.25) is 5.91 Å². The van der Waals surface area contributed by atoms with Gasteiger partial charge >= 0.3 is 0 Å². The highest BCUT2D eigenvalue weighted by atomic mass is 16.6. The largest absolute Gasteiger partial charge is 0.292 e. The van der Waals surface area contributed by atoms with Crippen LogP contribution < -0.4 is 4.90 Å². The third-order valence-electron chi connectivity index (χ3n) is 4.70. The van der Waals surface area contributed by atoms with E-state index in [9.17, 15) is 19.7 Å². The molecule has 0 aliphatic carbocycles. The first-order valence-electron chi connectivity index (χ1n) is 7.82. The molecule has 1 unspecified atom stereocenters. The molecule has 2 fully saturated rings. The first-order chi connectivity index (χ1) is 11.0. The Labute approximate surface area is 134 Å². The van der Waals surface area contributed by atoms with Crippen molar-refractivity contribution in [3.8, 4) is 0 Å². The van der Waals surface area contributed by atoms with E-state index in [0.717, 1.165) is 30.8 Å². The number of nitrogens with zero attached hydrogens (tertiary/aromatic N) is 3. The van der Waals surface area contributed by atoms with Crippen molar-refractivity contribution in [1.29, 1.82) is 0 Å². The third-order valence-corrected chi connectivity index (χ3v) is 4.70. The number of amides is 2. The Hall–Kier alpha value is -2.28. The molecule has 23 heavy (non-hydrogen) atoms. The summed E-state index contributed by atoms with van der Waals surface area (Å²) in [6, 6.07) is 5.13. The number of anilines is 1. The van der Waals surface area contributed by atoms with Gasteiger partial charge in [0.15, 0.2) is 0 Å². The second-order valence-corrected chi connectivity index (χ2v) is 6.28. The molecule has 0 aromatic heterocycles. The molecule has 0 N–H and O–H groups in total. The van der Waals surface area contributed by atoms with Crippen LogP contribution in [0.15, 0.2) is 24.3 Å². The van der Waals surface area contributed by atoms with Gasteiger partial charge in [-0.3, -0.25) is 24.6 Å². The third kappa shape index (κ3) is 2.96. The van der Waals surface area contributed by atoms with E-state index in [1.54, 1.807) is 0 Å². The Morgan fingerprint density at radius 1 is 1.13 bits per heavy atom. The van der Waals surface area contributed by atoms with Gasteiger partial charge < -0.3 is 0 Å². The van der Waals surface area contributed by atoms with Crippen molar-refractivity contribution in [3.63, 3.8) is 0 Å². The number of carbonyl (C=O) groups is 2. The maximum absolute atomic E-state index is 12.6. The number of carbonyl (C=O) groups excluding carboxylic acids is 2. The molecule has 2 aliphatic heterocycles. The van der Waals surface area contributed by atoms with Gasteiger partial charge in [-0.25, -0.2) is 4.90 Å². The minimum atomic E-state index is -0.505. The summed E-state index contributed by atoms with van der Waals surface area (Å²) in [6.07, 6.45) is 2.26. The molecule has 2 saturated heterocycles. The van der Waals surface area contributed by atoms with Crippen LogP contribution in [0.2, 0.25) is 0 Å². The molecule has 1 aromatic carbocycles. The molecule has 3 rings (SSSR count). The second-order valence-electron chi connectivity index (χ2n) is 6.28. The number of hydrogen-bond donors (Lipinski definition) is 0. The zero-order chi connectivity index (χ0) is 16.6. The number of imide groups is 1. The van der Waals surface area contributed by atoms with Crippen LogP contribution in [0.25, 0.3) is 0 Å². The van der Waals surface area contributed by atoms with Crippen LogP contribution in [0.4, 0.5) is 11.4 Å². The van der Waals surface area contributed by atoms with E-state index in [4.69, 9.17) is 0 Å². The van der Waals surface area contributed by atoms with Gasteiger partial charge in [0, 0.05) is 12.1 Å². The summed E-state index contributed by atoms with van der Waals surface area (Å²) in [7, 11) is 0. The van der Waals surface area contributed by atoms with Crippen LogP contribution in [0.5, 0.6) is 0 Å². The molecular weight excluding hydrogens is 298 g/mol. The molecule has 122 valence electrons. The average Bonchev–Trinajstić information content (AvgIpc) is 2.83. The van der Waals surface area contributed by atoms with Crippen LogP contribution in [-0.2, 0) is 9.59 Å². The van der Waals surface area contributed by atoms with Gasteiger partial charge in [0.25, 0.3) is 11.6 Å². The monoisotopic (exact) mass is 317 g/mol. The van der Waals surface area contributed by atoms with Crippen LogP contribution >= 0.6 is 0 Å². The van der Waals surface area contributed by atoms with Crippen molar-refractivity contribution in [1.82, 2.24) is 4.90 Å². The summed E-state index contributed by atoms with van der Waals surface area (Å²) in [5.41, 5.74) is 0.341. The zero-order valence-electron chi connectivity index (χ0n) is 13.0. The first kappa shape index (κ1) is 15.6. The first-order valence-corrected chi connectivity index (χ1v) is 7.82. The van der Waals surface area contributed by atoms with Crippen LogP contribution in [0.3, 0.4) is 0 Å². The van der Waals surface area contributed by atoms with Crippen molar-refractivity contribution in [2.24, 2.45) is 5.92 Å². The molecule has 0 spiro atoms. The van der Waals surface area contributed by atoms with Gasteiger partial charge in [-0.1, -0.05) is 6.92 Å². The summed E-state index contributed by atoms with van der Waals surface area (Å²) in [4.78, 5) is 38.4. The van der Waals surface area contributed by atoms with Crippen molar-refractivity contribution in [3.05, 3.63) is 34.4 Å². The molecule has 2 aliphatic rings. The highest BCUT2D eigenvalue weighted by Gasteiger charge is 2.43. The van der Waals surface area contributed by atoms with Crippen molar-refractivity contribution in [2.45, 2.75) is 32.2 Å². The number of non-ortho nitro benzene ring substituents is 1. The topological polar surface area (TPSA) is 83.8 Å². The van der Waals surface area contributed by atoms with Gasteiger partial charge in [-0.05, 0) is 44.0 Å². The number of rotatable bonds is 3. The lowest BCUT2D eigenvalue weighted by atomic mass is 9.97. The van der Waals surface area contributed by atoms with Gasteiger partial charge in [-0.2, -0.15) is 0 Å².